The third-order valence-electron chi connectivity index (χ3n) is 2.18. The van der Waals surface area contributed by atoms with Gasteiger partial charge in [-0.25, -0.2) is 4.57 Å². The maximum atomic E-state index is 9.69. The molecule has 0 aliphatic heterocycles. The second-order valence-electron chi connectivity index (χ2n) is 3.02. The maximum Gasteiger partial charge on any atom is 0.220 e. The normalized spacial score (nSPS) is 11.1. The fraction of sp³-hybridized carbons (Fsp3) is 0.333. The lowest BCUT2D eigenvalue weighted by Gasteiger charge is -2.05. The van der Waals surface area contributed by atoms with Gasteiger partial charge in [-0.2, -0.15) is 0 Å². The van der Waals surface area contributed by atoms with E-state index in [4.69, 9.17) is 10.3 Å². The molecule has 0 atom stereocenters. The van der Waals surface area contributed by atoms with Crippen molar-refractivity contribution < 1.29 is 20.0 Å². The van der Waals surface area contributed by atoms with Crippen LogP contribution in [0.5, 0.6) is 5.75 Å². The molecule has 5 heteroatoms. The zero-order chi connectivity index (χ0) is 10.7. The molecule has 0 aromatic carbocycles. The minimum atomic E-state index is -0.219. The quantitative estimate of drug-likeness (QED) is 0.266. The summed E-state index contributed by atoms with van der Waals surface area (Å²) < 4.78 is 1.69. The number of aryl methyl sites for hydroxylation is 1. The first-order valence-corrected chi connectivity index (χ1v) is 4.11. The van der Waals surface area contributed by atoms with E-state index in [-0.39, 0.29) is 12.4 Å². The first kappa shape index (κ1) is 10.5. The molecule has 0 saturated heterocycles. The van der Waals surface area contributed by atoms with Crippen LogP contribution in [-0.2, 0) is 13.7 Å². The largest absolute Gasteiger partial charge is 0.502 e. The molecule has 1 aromatic rings. The van der Waals surface area contributed by atoms with Crippen LogP contribution in [0.1, 0.15) is 16.8 Å². The number of aromatic hydroxyl groups is 1. The van der Waals surface area contributed by atoms with Gasteiger partial charge in [-0.3, -0.25) is 0 Å². The van der Waals surface area contributed by atoms with E-state index in [1.165, 1.54) is 0 Å². The minimum Gasteiger partial charge on any atom is -0.502 e. The average molecular weight is 197 g/mol. The van der Waals surface area contributed by atoms with Gasteiger partial charge in [0.05, 0.1) is 23.9 Å². The van der Waals surface area contributed by atoms with Gasteiger partial charge in [0, 0.05) is 6.92 Å². The van der Waals surface area contributed by atoms with E-state index >= 15 is 0 Å². The van der Waals surface area contributed by atoms with Crippen LogP contribution in [0, 0.1) is 6.92 Å². The first-order valence-electron chi connectivity index (χ1n) is 4.11. The zero-order valence-electron chi connectivity index (χ0n) is 8.10. The lowest BCUT2D eigenvalue weighted by molar-refractivity contribution is -0.678. The Balaban J connectivity index is 3.44. The third-order valence-corrected chi connectivity index (χ3v) is 2.18. The summed E-state index contributed by atoms with van der Waals surface area (Å²) in [6.45, 7) is 1.51. The Morgan fingerprint density at radius 1 is 1.57 bits per heavy atom. The lowest BCUT2D eigenvalue weighted by atomic mass is 10.1. The van der Waals surface area contributed by atoms with Crippen LogP contribution in [0.4, 0.5) is 0 Å². The van der Waals surface area contributed by atoms with Crippen molar-refractivity contribution in [3.05, 3.63) is 23.0 Å². The monoisotopic (exact) mass is 197 g/mol. The van der Waals surface area contributed by atoms with Crippen LogP contribution >= 0.6 is 0 Å². The van der Waals surface area contributed by atoms with E-state index in [0.29, 0.717) is 16.8 Å². The van der Waals surface area contributed by atoms with Crippen LogP contribution in [0.2, 0.25) is 0 Å². The van der Waals surface area contributed by atoms with Crippen molar-refractivity contribution in [2.24, 2.45) is 12.2 Å². The van der Waals surface area contributed by atoms with Crippen molar-refractivity contribution >= 4 is 6.21 Å². The minimum absolute atomic E-state index is 0.0110. The Bertz CT molecular complexity index is 375. The number of hydrogen-bond donors (Lipinski definition) is 3. The second-order valence-corrected chi connectivity index (χ2v) is 3.02. The lowest BCUT2D eigenvalue weighted by Crippen LogP contribution is -2.33. The van der Waals surface area contributed by atoms with E-state index in [1.807, 2.05) is 0 Å². The van der Waals surface area contributed by atoms with Gasteiger partial charge in [-0.1, -0.05) is 5.16 Å². The van der Waals surface area contributed by atoms with Crippen molar-refractivity contribution in [1.29, 1.82) is 0 Å². The number of pyridine rings is 1. The highest BCUT2D eigenvalue weighted by Gasteiger charge is 2.16. The predicted octanol–water partition coefficient (Wildman–Crippen LogP) is -0.174. The summed E-state index contributed by atoms with van der Waals surface area (Å²) in [5, 5.41) is 29.9. The molecule has 0 radical (unpaired) electrons. The molecule has 1 aromatic heterocycles. The van der Waals surface area contributed by atoms with E-state index < -0.39 is 0 Å². The molecular weight excluding hydrogens is 184 g/mol. The van der Waals surface area contributed by atoms with Gasteiger partial charge in [0.15, 0.2) is 11.9 Å². The van der Waals surface area contributed by atoms with Crippen LogP contribution < -0.4 is 4.57 Å². The highest BCUT2D eigenvalue weighted by atomic mass is 16.4. The fourth-order valence-corrected chi connectivity index (χ4v) is 1.24. The van der Waals surface area contributed by atoms with Gasteiger partial charge >= 0.3 is 0 Å². The Labute approximate surface area is 81.6 Å². The molecule has 3 N–H and O–H groups in total. The van der Waals surface area contributed by atoms with Gasteiger partial charge < -0.3 is 15.4 Å². The molecule has 5 nitrogen and oxygen atoms in total. The Morgan fingerprint density at radius 2 is 2.21 bits per heavy atom. The van der Waals surface area contributed by atoms with Crippen LogP contribution in [0.3, 0.4) is 0 Å². The maximum absolute atomic E-state index is 9.69. The molecule has 1 heterocycles. The molecule has 0 amide bonds. The van der Waals surface area contributed by atoms with Crippen LogP contribution in [0.15, 0.2) is 11.4 Å². The summed E-state index contributed by atoms with van der Waals surface area (Å²) in [4.78, 5) is 0. The van der Waals surface area contributed by atoms with Gasteiger partial charge in [-0.05, 0) is 0 Å². The highest BCUT2D eigenvalue weighted by molar-refractivity contribution is 5.84. The number of rotatable bonds is 2. The number of oxime groups is 1. The van der Waals surface area contributed by atoms with Crippen molar-refractivity contribution in [3.8, 4) is 5.75 Å². The smallest absolute Gasteiger partial charge is 0.220 e. The van der Waals surface area contributed by atoms with Gasteiger partial charge in [0.1, 0.15) is 7.05 Å². The molecule has 0 saturated carbocycles. The number of aliphatic hydroxyl groups excluding tert-OH is 1. The molecular formula is C9H13N2O3+. The summed E-state index contributed by atoms with van der Waals surface area (Å²) >= 11 is 0. The van der Waals surface area contributed by atoms with Crippen molar-refractivity contribution in [1.82, 2.24) is 0 Å². The Hall–Kier alpha value is -1.62. The highest BCUT2D eigenvalue weighted by Crippen LogP contribution is 2.20. The summed E-state index contributed by atoms with van der Waals surface area (Å²) in [6, 6.07) is 0. The van der Waals surface area contributed by atoms with Gasteiger partial charge in [-0.15, -0.1) is 0 Å². The molecule has 14 heavy (non-hydrogen) atoms. The first-order chi connectivity index (χ1) is 6.61. The molecule has 76 valence electrons. The zero-order valence-corrected chi connectivity index (χ0v) is 8.10. The topological polar surface area (TPSA) is 76.9 Å². The average Bonchev–Trinajstić information content (AvgIpc) is 2.19. The van der Waals surface area contributed by atoms with Crippen molar-refractivity contribution in [2.75, 3.05) is 0 Å². The van der Waals surface area contributed by atoms with Gasteiger partial charge in [0.25, 0.3) is 0 Å². The predicted molar refractivity (Wildman–Crippen MR) is 49.3 cm³/mol. The summed E-state index contributed by atoms with van der Waals surface area (Å²) in [6.07, 6.45) is 2.78. The number of aromatic nitrogens is 1. The SMILES string of the molecule is Cc1c(O)c(/C=N/O)c(CO)c[n+]1C. The molecule has 0 spiro atoms. The number of aliphatic hydroxyl groups is 1. The van der Waals surface area contributed by atoms with E-state index in [1.54, 1.807) is 24.7 Å². The second kappa shape index (κ2) is 4.06. The van der Waals surface area contributed by atoms with E-state index in [9.17, 15) is 5.11 Å². The summed E-state index contributed by atoms with van der Waals surface area (Å²) in [7, 11) is 1.76. The summed E-state index contributed by atoms with van der Waals surface area (Å²) in [5.41, 5.74) is 1.48. The Morgan fingerprint density at radius 3 is 2.71 bits per heavy atom. The molecule has 0 aliphatic carbocycles. The standard InChI is InChI=1S/C9H12N2O3/c1-6-9(13)8(3-10-14)7(5-12)4-11(6)2/h3-4,12-13H,5H2,1-2H3/p+1. The van der Waals surface area contributed by atoms with Crippen molar-refractivity contribution in [2.45, 2.75) is 13.5 Å². The number of nitrogens with zero attached hydrogens (tertiary/aromatic N) is 2. The van der Waals surface area contributed by atoms with Crippen LogP contribution in [0.25, 0.3) is 0 Å². The molecule has 1 rings (SSSR count). The molecule has 0 unspecified atom stereocenters. The molecule has 0 bridgehead atoms. The van der Waals surface area contributed by atoms with Crippen LogP contribution in [-0.4, -0.2) is 21.6 Å². The third kappa shape index (κ3) is 1.67. The molecule has 0 fully saturated rings. The van der Waals surface area contributed by atoms with Crippen molar-refractivity contribution in [3.63, 3.8) is 0 Å². The fourth-order valence-electron chi connectivity index (χ4n) is 1.24. The van der Waals surface area contributed by atoms with Gasteiger partial charge in [0.2, 0.25) is 5.69 Å². The Kier molecular flexibility index (Phi) is 3.03. The number of hydrogen-bond acceptors (Lipinski definition) is 4. The van der Waals surface area contributed by atoms with E-state index in [2.05, 4.69) is 5.16 Å². The van der Waals surface area contributed by atoms with E-state index in [0.717, 1.165) is 6.21 Å². The molecule has 0 aliphatic rings. The summed E-state index contributed by atoms with van der Waals surface area (Å²) in [5.74, 6) is 0.0110.